The van der Waals surface area contributed by atoms with Gasteiger partial charge in [-0.3, -0.25) is 0 Å². The number of nitriles is 1. The van der Waals surface area contributed by atoms with E-state index in [1.807, 2.05) is 24.3 Å². The van der Waals surface area contributed by atoms with E-state index in [2.05, 4.69) is 33.4 Å². The van der Waals surface area contributed by atoms with Crippen LogP contribution in [-0.2, 0) is 9.47 Å². The topological polar surface area (TPSA) is 129 Å². The van der Waals surface area contributed by atoms with Gasteiger partial charge in [0.1, 0.15) is 0 Å². The molecule has 0 radical (unpaired) electrons. The quantitative estimate of drug-likeness (QED) is 0.512. The second-order valence-electron chi connectivity index (χ2n) is 10.1. The third-order valence-electron chi connectivity index (χ3n) is 7.38. The molecule has 0 saturated carbocycles. The number of nitrogens with one attached hydrogen (secondary N) is 2. The number of urea groups is 1. The number of nitrogens with zero attached hydrogens (tertiary/aromatic N) is 6. The molecule has 3 saturated heterocycles. The number of carbonyl (C=O) groups excluding carboxylic acids is 1. The average molecular weight is 527 g/mol. The first-order valence-electron chi connectivity index (χ1n) is 13.2. The lowest BCUT2D eigenvalue weighted by Gasteiger charge is -2.36. The number of hydrogen-bond acceptors (Lipinski definition) is 9. The van der Waals surface area contributed by atoms with Crippen molar-refractivity contribution in [2.24, 2.45) is 0 Å². The first kappa shape index (κ1) is 25.0. The number of anilines is 4. The van der Waals surface area contributed by atoms with Gasteiger partial charge in [0, 0.05) is 23.5 Å². The summed E-state index contributed by atoms with van der Waals surface area (Å²) in [5.41, 5.74) is 2.60. The Bertz CT molecular complexity index is 1360. The fourth-order valence-electron chi connectivity index (χ4n) is 5.33. The van der Waals surface area contributed by atoms with Crippen molar-refractivity contribution in [3.05, 3.63) is 54.1 Å². The van der Waals surface area contributed by atoms with Crippen molar-refractivity contribution >= 4 is 29.3 Å². The number of benzene rings is 2. The van der Waals surface area contributed by atoms with Crippen LogP contribution in [0.5, 0.6) is 0 Å². The van der Waals surface area contributed by atoms with Gasteiger partial charge < -0.3 is 29.9 Å². The van der Waals surface area contributed by atoms with Gasteiger partial charge in [0.25, 0.3) is 0 Å². The lowest BCUT2D eigenvalue weighted by molar-refractivity contribution is 0.0895. The molecule has 11 heteroatoms. The molecule has 3 aliphatic rings. The van der Waals surface area contributed by atoms with Gasteiger partial charge in [-0.2, -0.15) is 20.2 Å². The van der Waals surface area contributed by atoms with Crippen molar-refractivity contribution in [3.8, 4) is 17.5 Å². The predicted octanol–water partition coefficient (Wildman–Crippen LogP) is 3.65. The molecule has 2 aromatic carbocycles. The van der Waals surface area contributed by atoms with Crippen LogP contribution in [0.25, 0.3) is 11.4 Å². The maximum absolute atomic E-state index is 12.5. The molecular formula is C28H30N8O3. The number of fused-ring (bicyclic) bond motifs is 2. The Morgan fingerprint density at radius 3 is 2.18 bits per heavy atom. The minimum Gasteiger partial charge on any atom is -0.377 e. The minimum absolute atomic E-state index is 0.157. The fraction of sp³-hybridized carbons (Fsp3) is 0.393. The largest absolute Gasteiger partial charge is 0.377 e. The summed E-state index contributed by atoms with van der Waals surface area (Å²) >= 11 is 0. The van der Waals surface area contributed by atoms with Gasteiger partial charge in [-0.15, -0.1) is 0 Å². The molecule has 39 heavy (non-hydrogen) atoms. The molecular weight excluding hydrogens is 496 g/mol. The Hall–Kier alpha value is -4.27. The normalized spacial score (nSPS) is 22.3. The minimum atomic E-state index is -0.374. The highest BCUT2D eigenvalue weighted by Gasteiger charge is 2.39. The summed E-state index contributed by atoms with van der Waals surface area (Å²) < 4.78 is 11.4. The second kappa shape index (κ2) is 10.8. The Morgan fingerprint density at radius 1 is 0.897 bits per heavy atom. The third kappa shape index (κ3) is 5.34. The van der Waals surface area contributed by atoms with Crippen LogP contribution in [0.1, 0.15) is 25.3 Å². The summed E-state index contributed by atoms with van der Waals surface area (Å²) in [4.78, 5) is 31.7. The van der Waals surface area contributed by atoms with Crippen molar-refractivity contribution in [1.29, 1.82) is 5.26 Å². The average Bonchev–Trinajstić information content (AvgIpc) is 3.21. The number of aromatic nitrogens is 3. The molecule has 2 N–H and O–H groups in total. The summed E-state index contributed by atoms with van der Waals surface area (Å²) in [6, 6.07) is 16.5. The van der Waals surface area contributed by atoms with E-state index in [4.69, 9.17) is 29.7 Å². The molecule has 3 atom stereocenters. The van der Waals surface area contributed by atoms with Crippen LogP contribution >= 0.6 is 0 Å². The monoisotopic (exact) mass is 526 g/mol. The Morgan fingerprint density at radius 2 is 1.54 bits per heavy atom. The van der Waals surface area contributed by atoms with Gasteiger partial charge in [0.15, 0.2) is 5.82 Å². The molecule has 2 bridgehead atoms. The van der Waals surface area contributed by atoms with Crippen molar-refractivity contribution in [2.45, 2.75) is 37.9 Å². The van der Waals surface area contributed by atoms with Gasteiger partial charge in [-0.05, 0) is 68.3 Å². The van der Waals surface area contributed by atoms with E-state index in [9.17, 15) is 4.79 Å². The van der Waals surface area contributed by atoms with E-state index in [1.165, 1.54) is 0 Å². The summed E-state index contributed by atoms with van der Waals surface area (Å²) in [5.74, 6) is 1.93. The van der Waals surface area contributed by atoms with Crippen LogP contribution in [0, 0.1) is 11.3 Å². The second-order valence-corrected chi connectivity index (χ2v) is 10.1. The lowest BCUT2D eigenvalue weighted by Crippen LogP contribution is -2.48. The van der Waals surface area contributed by atoms with Gasteiger partial charge >= 0.3 is 6.03 Å². The molecule has 6 rings (SSSR count). The highest BCUT2D eigenvalue weighted by atomic mass is 16.5. The van der Waals surface area contributed by atoms with E-state index >= 15 is 0 Å². The zero-order valence-corrected chi connectivity index (χ0v) is 21.7. The third-order valence-corrected chi connectivity index (χ3v) is 7.38. The molecule has 2 amide bonds. The molecule has 200 valence electrons. The molecule has 3 aromatic rings. The van der Waals surface area contributed by atoms with E-state index in [0.29, 0.717) is 61.1 Å². The number of amides is 2. The van der Waals surface area contributed by atoms with Crippen LogP contribution in [0.3, 0.4) is 0 Å². The predicted molar refractivity (Wildman–Crippen MR) is 147 cm³/mol. The number of morpholine rings is 2. The Balaban J connectivity index is 1.24. The molecule has 3 aliphatic heterocycles. The van der Waals surface area contributed by atoms with E-state index in [1.54, 1.807) is 24.3 Å². The molecule has 4 heterocycles. The maximum atomic E-state index is 12.5. The van der Waals surface area contributed by atoms with Gasteiger partial charge in [0.2, 0.25) is 11.9 Å². The molecule has 3 fully saturated rings. The number of hydrogen-bond donors (Lipinski definition) is 2. The molecule has 0 spiro atoms. The van der Waals surface area contributed by atoms with E-state index in [0.717, 1.165) is 24.9 Å². The Labute approximate surface area is 226 Å². The first-order chi connectivity index (χ1) is 19.1. The molecule has 0 aliphatic carbocycles. The molecule has 2 unspecified atom stereocenters. The summed E-state index contributed by atoms with van der Waals surface area (Å²) in [7, 11) is 0. The van der Waals surface area contributed by atoms with Crippen LogP contribution in [0.2, 0.25) is 0 Å². The number of rotatable bonds is 5. The van der Waals surface area contributed by atoms with Gasteiger partial charge in [-0.1, -0.05) is 0 Å². The fourth-order valence-corrected chi connectivity index (χ4v) is 5.33. The molecule has 1 aromatic heterocycles. The highest BCUT2D eigenvalue weighted by Crippen LogP contribution is 2.34. The standard InChI is InChI=1S/C28H30N8O3/c1-18-15-38-13-12-35(18)26-32-25(33-27(34-26)36-23-10-11-24(36)17-39-16-23)20-4-8-22(9-5-20)31-28(37)30-21-6-2-19(14-29)3-7-21/h2-9,18,23-24H,10-13,15-17H2,1H3,(H2,30,31,37)/t18-,23?,24?/m1/s1. The number of carbonyl (C=O) groups is 1. The van der Waals surface area contributed by atoms with Crippen molar-refractivity contribution in [3.63, 3.8) is 0 Å². The van der Waals surface area contributed by atoms with Crippen LogP contribution in [0.15, 0.2) is 48.5 Å². The SMILES string of the molecule is C[C@@H]1COCCN1c1nc(-c2ccc(NC(=O)Nc3ccc(C#N)cc3)cc2)nc(N2C3CCC2COC3)n1. The maximum Gasteiger partial charge on any atom is 0.323 e. The Kier molecular flexibility index (Phi) is 6.96. The molecule has 11 nitrogen and oxygen atoms in total. The van der Waals surface area contributed by atoms with E-state index in [-0.39, 0.29) is 24.2 Å². The van der Waals surface area contributed by atoms with Crippen molar-refractivity contribution < 1.29 is 14.3 Å². The van der Waals surface area contributed by atoms with Crippen LogP contribution in [-0.4, -0.2) is 72.1 Å². The van der Waals surface area contributed by atoms with Crippen LogP contribution in [0.4, 0.5) is 28.1 Å². The van der Waals surface area contributed by atoms with Crippen molar-refractivity contribution in [1.82, 2.24) is 15.0 Å². The van der Waals surface area contributed by atoms with E-state index < -0.39 is 0 Å². The number of ether oxygens (including phenoxy) is 2. The first-order valence-corrected chi connectivity index (χ1v) is 13.2. The van der Waals surface area contributed by atoms with Gasteiger partial charge in [-0.25, -0.2) is 4.79 Å². The van der Waals surface area contributed by atoms with Gasteiger partial charge in [0.05, 0.1) is 56.2 Å². The summed E-state index contributed by atoms with van der Waals surface area (Å²) in [6.45, 7) is 5.47. The summed E-state index contributed by atoms with van der Waals surface area (Å²) in [6.07, 6.45) is 2.14. The lowest BCUT2D eigenvalue weighted by atomic mass is 10.2. The zero-order chi connectivity index (χ0) is 26.8. The smallest absolute Gasteiger partial charge is 0.323 e. The van der Waals surface area contributed by atoms with Crippen LogP contribution < -0.4 is 20.4 Å². The summed E-state index contributed by atoms with van der Waals surface area (Å²) in [5, 5.41) is 14.5. The van der Waals surface area contributed by atoms with Crippen molar-refractivity contribution in [2.75, 3.05) is 53.4 Å². The highest BCUT2D eigenvalue weighted by molar-refractivity contribution is 5.99. The zero-order valence-electron chi connectivity index (χ0n) is 21.7.